The molecule has 0 saturated carbocycles. The topological polar surface area (TPSA) is 114 Å². The Morgan fingerprint density at radius 3 is 2.60 bits per heavy atom. The second-order valence-electron chi connectivity index (χ2n) is 6.98. The third-order valence-electron chi connectivity index (χ3n) is 4.74. The van der Waals surface area contributed by atoms with E-state index in [1.165, 1.54) is 23.9 Å². The highest BCUT2D eigenvalue weighted by Crippen LogP contribution is 2.37. The number of phenolic OH excluding ortho intramolecular Hbond substituents is 1. The number of aromatic hydroxyl groups is 1. The number of halogens is 3. The number of amidine groups is 1. The van der Waals surface area contributed by atoms with Crippen LogP contribution in [0.5, 0.6) is 5.75 Å². The molecule has 0 fully saturated rings. The first kappa shape index (κ1) is 26.0. The molecule has 0 spiro atoms. The van der Waals surface area contributed by atoms with Crippen LogP contribution in [0.4, 0.5) is 10.1 Å². The number of carbonyl (C=O) groups excluding carboxylic acids is 1. The molecule has 1 aliphatic rings. The minimum Gasteiger partial charge on any atom is -0.508 e. The number of anilines is 1. The predicted molar refractivity (Wildman–Crippen MR) is 125 cm³/mol. The minimum atomic E-state index is -0.784. The molecule has 0 aliphatic carbocycles. The Balaban J connectivity index is 0.00000225. The molecule has 1 aliphatic heterocycles. The Morgan fingerprint density at radius 1 is 1.30 bits per heavy atom. The van der Waals surface area contributed by atoms with Crippen molar-refractivity contribution in [3.05, 3.63) is 59.4 Å². The van der Waals surface area contributed by atoms with E-state index in [1.54, 1.807) is 30.3 Å². The van der Waals surface area contributed by atoms with Gasteiger partial charge in [0.25, 0.3) is 0 Å². The molecule has 2 atom stereocenters. The average Bonchev–Trinajstić information content (AvgIpc) is 2.64. The van der Waals surface area contributed by atoms with Crippen molar-refractivity contribution in [2.45, 2.75) is 31.3 Å². The maximum absolute atomic E-state index is 14.5. The summed E-state index contributed by atoms with van der Waals surface area (Å²) in [6.45, 7) is 1.83. The van der Waals surface area contributed by atoms with E-state index in [9.17, 15) is 14.3 Å². The fourth-order valence-corrected chi connectivity index (χ4v) is 4.08. The van der Waals surface area contributed by atoms with Crippen LogP contribution in [0.2, 0.25) is 0 Å². The molecular formula is C20H25Cl2FN4O2S. The first-order chi connectivity index (χ1) is 13.3. The molecule has 6 nitrogen and oxygen atoms in total. The van der Waals surface area contributed by atoms with Crippen molar-refractivity contribution in [2.75, 3.05) is 11.1 Å². The van der Waals surface area contributed by atoms with Crippen LogP contribution in [-0.2, 0) is 16.8 Å². The highest BCUT2D eigenvalue weighted by molar-refractivity contribution is 8.13. The van der Waals surface area contributed by atoms with Crippen molar-refractivity contribution in [3.8, 4) is 5.75 Å². The fourth-order valence-electron chi connectivity index (χ4n) is 3.11. The third-order valence-corrected chi connectivity index (χ3v) is 5.53. The van der Waals surface area contributed by atoms with E-state index in [0.717, 1.165) is 11.3 Å². The number of rotatable bonds is 5. The van der Waals surface area contributed by atoms with Crippen molar-refractivity contribution < 1.29 is 14.3 Å². The molecule has 0 saturated heterocycles. The van der Waals surface area contributed by atoms with Gasteiger partial charge in [-0.3, -0.25) is 9.79 Å². The summed E-state index contributed by atoms with van der Waals surface area (Å²) in [5.41, 5.74) is 12.7. The van der Waals surface area contributed by atoms with Gasteiger partial charge in [0, 0.05) is 17.0 Å². The van der Waals surface area contributed by atoms with Crippen molar-refractivity contribution in [1.82, 2.24) is 0 Å². The third kappa shape index (κ3) is 6.25. The van der Waals surface area contributed by atoms with Crippen molar-refractivity contribution in [3.63, 3.8) is 0 Å². The van der Waals surface area contributed by atoms with Crippen molar-refractivity contribution in [1.29, 1.82) is 0 Å². The van der Waals surface area contributed by atoms with Gasteiger partial charge >= 0.3 is 0 Å². The maximum atomic E-state index is 14.5. The van der Waals surface area contributed by atoms with Crippen LogP contribution in [0.1, 0.15) is 24.5 Å². The van der Waals surface area contributed by atoms with Crippen molar-refractivity contribution >= 4 is 53.3 Å². The van der Waals surface area contributed by atoms with E-state index in [1.807, 2.05) is 6.92 Å². The first-order valence-corrected chi connectivity index (χ1v) is 9.88. The maximum Gasteiger partial charge on any atom is 0.241 e. The zero-order valence-corrected chi connectivity index (χ0v) is 18.7. The average molecular weight is 475 g/mol. The van der Waals surface area contributed by atoms with E-state index >= 15 is 0 Å². The lowest BCUT2D eigenvalue weighted by atomic mass is 9.89. The molecule has 164 valence electrons. The van der Waals surface area contributed by atoms with E-state index in [0.29, 0.717) is 29.3 Å². The Labute approximate surface area is 191 Å². The molecule has 0 unspecified atom stereocenters. The minimum absolute atomic E-state index is 0. The second kappa shape index (κ2) is 10.9. The van der Waals surface area contributed by atoms with Crippen LogP contribution in [-0.4, -0.2) is 28.0 Å². The highest BCUT2D eigenvalue weighted by Gasteiger charge is 2.32. The normalized spacial score (nSPS) is 19.0. The van der Waals surface area contributed by atoms with Gasteiger partial charge in [-0.25, -0.2) is 4.39 Å². The predicted octanol–water partition coefficient (Wildman–Crippen LogP) is 3.55. The number of hydrogen-bond donors (Lipinski definition) is 4. The molecule has 0 radical (unpaired) electrons. The highest BCUT2D eigenvalue weighted by atomic mass is 35.5. The monoisotopic (exact) mass is 474 g/mol. The van der Waals surface area contributed by atoms with Crippen LogP contribution in [0, 0.1) is 5.82 Å². The van der Waals surface area contributed by atoms with Crippen LogP contribution in [0.15, 0.2) is 47.5 Å². The number of thioether (sulfide) groups is 1. The quantitative estimate of drug-likeness (QED) is 0.528. The summed E-state index contributed by atoms with van der Waals surface area (Å²) in [4.78, 5) is 16.9. The smallest absolute Gasteiger partial charge is 0.241 e. The lowest BCUT2D eigenvalue weighted by molar-refractivity contribution is -0.117. The van der Waals surface area contributed by atoms with E-state index in [2.05, 4.69) is 10.3 Å². The Morgan fingerprint density at radius 2 is 1.97 bits per heavy atom. The first-order valence-electron chi connectivity index (χ1n) is 8.89. The lowest BCUT2D eigenvalue weighted by Crippen LogP contribution is -2.37. The molecule has 0 bridgehead atoms. The zero-order valence-electron chi connectivity index (χ0n) is 16.3. The van der Waals surface area contributed by atoms with Gasteiger partial charge in [-0.15, -0.1) is 24.8 Å². The van der Waals surface area contributed by atoms with Crippen LogP contribution in [0.25, 0.3) is 0 Å². The van der Waals surface area contributed by atoms with Gasteiger partial charge in [0.1, 0.15) is 11.6 Å². The number of amides is 1. The molecule has 1 amide bonds. The lowest BCUT2D eigenvalue weighted by Gasteiger charge is -2.30. The van der Waals surface area contributed by atoms with Crippen LogP contribution in [0.3, 0.4) is 0 Å². The second-order valence-corrected chi connectivity index (χ2v) is 8.10. The Bertz CT molecular complexity index is 914. The SMILES string of the molecule is C[C@@]1(c2cc(NC(=O)[C@@H](N)Cc3ccc(O)cc3)ccc2F)CCSC(N)=N1.Cl.Cl. The molecule has 10 heteroatoms. The van der Waals surface area contributed by atoms with E-state index in [-0.39, 0.29) is 36.5 Å². The Hall–Kier alpha value is -2.00. The molecule has 3 rings (SSSR count). The number of nitrogens with one attached hydrogen (secondary N) is 1. The summed E-state index contributed by atoms with van der Waals surface area (Å²) >= 11 is 1.44. The number of hydrogen-bond acceptors (Lipinski definition) is 6. The van der Waals surface area contributed by atoms with Gasteiger partial charge in [-0.05, 0) is 55.7 Å². The number of benzene rings is 2. The largest absolute Gasteiger partial charge is 0.508 e. The summed E-state index contributed by atoms with van der Waals surface area (Å²) in [5.74, 6) is 0.133. The number of phenols is 1. The molecule has 6 N–H and O–H groups in total. The van der Waals surface area contributed by atoms with Gasteiger partial charge in [-0.2, -0.15) is 0 Å². The molecule has 1 heterocycles. The Kier molecular flexibility index (Phi) is 9.42. The standard InChI is InChI=1S/C20H23FN4O2S.2ClH/c1-20(8-9-28-19(23)25-20)15-11-13(4-7-16(15)21)24-18(27)17(22)10-12-2-5-14(26)6-3-12;;/h2-7,11,17,26H,8-10,22H2,1H3,(H2,23,25)(H,24,27);2*1H/t17-,20-;;/m0../s1. The zero-order chi connectivity index (χ0) is 20.3. The number of aliphatic imine (C=N–C) groups is 1. The summed E-state index contributed by atoms with van der Waals surface area (Å²) in [7, 11) is 0. The summed E-state index contributed by atoms with van der Waals surface area (Å²) < 4.78 is 14.5. The summed E-state index contributed by atoms with van der Waals surface area (Å²) in [6, 6.07) is 10.1. The van der Waals surface area contributed by atoms with Crippen LogP contribution >= 0.6 is 36.6 Å². The fraction of sp³-hybridized carbons (Fsp3) is 0.300. The molecule has 2 aromatic rings. The molecule has 2 aromatic carbocycles. The van der Waals surface area contributed by atoms with Crippen molar-refractivity contribution in [2.24, 2.45) is 16.5 Å². The van der Waals surface area contributed by atoms with Gasteiger partial charge in [-0.1, -0.05) is 23.9 Å². The molecule has 30 heavy (non-hydrogen) atoms. The van der Waals surface area contributed by atoms with Gasteiger partial charge in [0.2, 0.25) is 5.91 Å². The van der Waals surface area contributed by atoms with E-state index in [4.69, 9.17) is 11.5 Å². The number of nitrogens with zero attached hydrogens (tertiary/aromatic N) is 1. The van der Waals surface area contributed by atoms with Gasteiger partial charge < -0.3 is 21.9 Å². The van der Waals surface area contributed by atoms with E-state index < -0.39 is 17.4 Å². The molecular weight excluding hydrogens is 450 g/mol. The summed E-state index contributed by atoms with van der Waals surface area (Å²) in [5, 5.41) is 12.5. The molecule has 0 aromatic heterocycles. The summed E-state index contributed by atoms with van der Waals surface area (Å²) in [6.07, 6.45) is 0.961. The van der Waals surface area contributed by atoms with Gasteiger partial charge in [0.05, 0.1) is 11.6 Å². The van der Waals surface area contributed by atoms with Crippen LogP contribution < -0.4 is 16.8 Å². The number of nitrogens with two attached hydrogens (primary N) is 2. The van der Waals surface area contributed by atoms with Gasteiger partial charge in [0.15, 0.2) is 5.17 Å². The number of carbonyl (C=O) groups is 1.